The van der Waals surface area contributed by atoms with E-state index >= 15 is 0 Å². The van der Waals surface area contributed by atoms with Gasteiger partial charge in [0.1, 0.15) is 0 Å². The molecule has 3 aromatic rings. The zero-order valence-electron chi connectivity index (χ0n) is 16.8. The monoisotopic (exact) mass is 453 g/mol. The first kappa shape index (κ1) is 22.5. The number of hydrogen-bond acceptors (Lipinski definition) is 4. The van der Waals surface area contributed by atoms with Crippen LogP contribution in [-0.4, -0.2) is 12.5 Å². The van der Waals surface area contributed by atoms with E-state index in [1.807, 2.05) is 53.9 Å². The van der Waals surface area contributed by atoms with Crippen LogP contribution < -0.4 is 0 Å². The highest BCUT2D eigenvalue weighted by Crippen LogP contribution is 2.21. The molecule has 0 atom stereocenters. The Kier molecular flexibility index (Phi) is 9.42. The third-order valence-electron chi connectivity index (χ3n) is 4.22. The number of rotatable bonds is 9. The number of hydrogen-bond donors (Lipinski definition) is 0. The molecule has 3 aromatic carbocycles. The molecule has 0 radical (unpaired) electrons. The largest absolute Gasteiger partial charge is 0.477 e. The Bertz CT molecular complexity index is 955. The molecule has 0 heterocycles. The van der Waals surface area contributed by atoms with E-state index in [-0.39, 0.29) is 0 Å². The van der Waals surface area contributed by atoms with E-state index < -0.39 is 0 Å². The molecule has 3 rings (SSSR count). The number of benzene rings is 3. The summed E-state index contributed by atoms with van der Waals surface area (Å²) in [6.45, 7) is 2.67. The third-order valence-corrected chi connectivity index (χ3v) is 6.05. The van der Waals surface area contributed by atoms with E-state index in [0.717, 1.165) is 22.1 Å². The van der Waals surface area contributed by atoms with E-state index in [1.54, 1.807) is 11.8 Å². The molecular formula is C25H24ClNOS2. The molecule has 0 fully saturated rings. The van der Waals surface area contributed by atoms with Crippen molar-refractivity contribution in [2.75, 3.05) is 6.61 Å². The maximum absolute atomic E-state index is 5.97. The van der Waals surface area contributed by atoms with Crippen molar-refractivity contribution in [3.05, 3.63) is 112 Å². The molecule has 0 aliphatic rings. The Balaban J connectivity index is 1.57. The summed E-state index contributed by atoms with van der Waals surface area (Å²) in [6, 6.07) is 26.6. The van der Waals surface area contributed by atoms with Crippen LogP contribution in [0.2, 0.25) is 5.02 Å². The predicted octanol–water partition coefficient (Wildman–Crippen LogP) is 7.76. The van der Waals surface area contributed by atoms with E-state index in [2.05, 4.69) is 47.7 Å². The van der Waals surface area contributed by atoms with E-state index in [9.17, 15) is 0 Å². The Morgan fingerprint density at radius 1 is 0.933 bits per heavy atom. The van der Waals surface area contributed by atoms with E-state index in [0.29, 0.717) is 12.5 Å². The van der Waals surface area contributed by atoms with Crippen LogP contribution in [-0.2, 0) is 16.9 Å². The van der Waals surface area contributed by atoms with Gasteiger partial charge in [0.25, 0.3) is 0 Å². The SMILES string of the molecule is Cc1ccc(S/N=C(/C=C/SCc2ccc(Cl)cc2)OCCc2ccccc2)cc1. The van der Waals surface area contributed by atoms with Crippen LogP contribution in [0.15, 0.2) is 99.6 Å². The molecule has 0 aliphatic heterocycles. The fraction of sp³-hybridized carbons (Fsp3) is 0.160. The second-order valence-electron chi connectivity index (χ2n) is 6.66. The summed E-state index contributed by atoms with van der Waals surface area (Å²) in [4.78, 5) is 1.09. The predicted molar refractivity (Wildman–Crippen MR) is 132 cm³/mol. The lowest BCUT2D eigenvalue weighted by atomic mass is 10.2. The first-order chi connectivity index (χ1) is 14.7. The molecule has 0 saturated carbocycles. The van der Waals surface area contributed by atoms with Crippen LogP contribution >= 0.6 is 35.3 Å². The fourth-order valence-corrected chi connectivity index (χ4v) is 3.94. The van der Waals surface area contributed by atoms with Crippen LogP contribution in [0.5, 0.6) is 0 Å². The number of ether oxygens (including phenoxy) is 1. The van der Waals surface area contributed by atoms with Gasteiger partial charge in [-0.3, -0.25) is 0 Å². The quantitative estimate of drug-likeness (QED) is 0.187. The maximum Gasteiger partial charge on any atom is 0.221 e. The lowest BCUT2D eigenvalue weighted by molar-refractivity contribution is 0.313. The van der Waals surface area contributed by atoms with Crippen molar-refractivity contribution in [1.82, 2.24) is 0 Å². The molecule has 0 spiro atoms. The summed E-state index contributed by atoms with van der Waals surface area (Å²) in [5.41, 5.74) is 3.72. The van der Waals surface area contributed by atoms with E-state index in [4.69, 9.17) is 16.3 Å². The van der Waals surface area contributed by atoms with Gasteiger partial charge in [0.15, 0.2) is 0 Å². The minimum absolute atomic E-state index is 0.587. The van der Waals surface area contributed by atoms with Crippen molar-refractivity contribution in [3.63, 3.8) is 0 Å². The summed E-state index contributed by atoms with van der Waals surface area (Å²) in [5, 5.41) is 2.79. The molecule has 2 nitrogen and oxygen atoms in total. The molecule has 0 amide bonds. The normalized spacial score (nSPS) is 11.7. The second kappa shape index (κ2) is 12.5. The third kappa shape index (κ3) is 8.31. The van der Waals surface area contributed by atoms with Crippen LogP contribution in [0, 0.1) is 6.92 Å². The van der Waals surface area contributed by atoms with Crippen molar-refractivity contribution in [2.24, 2.45) is 4.40 Å². The van der Waals surface area contributed by atoms with Gasteiger partial charge in [-0.05, 0) is 47.7 Å². The van der Waals surface area contributed by atoms with Crippen LogP contribution in [0.25, 0.3) is 0 Å². The Labute approximate surface area is 192 Å². The Hall–Kier alpha value is -2.14. The smallest absolute Gasteiger partial charge is 0.221 e. The Morgan fingerprint density at radius 2 is 1.67 bits per heavy atom. The first-order valence-corrected chi connectivity index (χ1v) is 11.9. The summed E-state index contributed by atoms with van der Waals surface area (Å²) in [5.74, 6) is 1.50. The van der Waals surface area contributed by atoms with Crippen molar-refractivity contribution in [3.8, 4) is 0 Å². The number of nitrogens with zero attached hydrogens (tertiary/aromatic N) is 1. The van der Waals surface area contributed by atoms with Gasteiger partial charge in [0.2, 0.25) is 5.90 Å². The number of halogens is 1. The van der Waals surface area contributed by atoms with Crippen molar-refractivity contribution < 1.29 is 4.74 Å². The zero-order valence-corrected chi connectivity index (χ0v) is 19.2. The molecule has 0 N–H and O–H groups in total. The van der Waals surface area contributed by atoms with Gasteiger partial charge in [-0.1, -0.05) is 71.8 Å². The minimum atomic E-state index is 0.587. The van der Waals surface area contributed by atoms with Crippen LogP contribution in [0.4, 0.5) is 0 Å². The Morgan fingerprint density at radius 3 is 2.40 bits per heavy atom. The molecule has 30 heavy (non-hydrogen) atoms. The standard InChI is InChI=1S/C25H24ClNOS2/c1-20-7-13-24(14-8-20)30-27-25(28-17-15-21-5-3-2-4-6-21)16-18-29-19-22-9-11-23(26)12-10-22/h2-14,16,18H,15,17,19H2,1H3/b18-16+,27-25-. The van der Waals surface area contributed by atoms with Crippen LogP contribution in [0.1, 0.15) is 16.7 Å². The molecule has 0 saturated heterocycles. The lowest BCUT2D eigenvalue weighted by Gasteiger charge is -2.06. The summed E-state index contributed by atoms with van der Waals surface area (Å²) in [6.07, 6.45) is 2.79. The lowest BCUT2D eigenvalue weighted by Crippen LogP contribution is -2.05. The van der Waals surface area contributed by atoms with Gasteiger partial charge in [-0.25, -0.2) is 0 Å². The highest BCUT2D eigenvalue weighted by atomic mass is 35.5. The molecular weight excluding hydrogens is 430 g/mol. The molecule has 0 unspecified atom stereocenters. The molecule has 5 heteroatoms. The minimum Gasteiger partial charge on any atom is -0.477 e. The van der Waals surface area contributed by atoms with Crippen molar-refractivity contribution in [1.29, 1.82) is 0 Å². The van der Waals surface area contributed by atoms with Crippen molar-refractivity contribution in [2.45, 2.75) is 24.0 Å². The number of aryl methyl sites for hydroxylation is 1. The molecule has 0 bridgehead atoms. The average molecular weight is 454 g/mol. The average Bonchev–Trinajstić information content (AvgIpc) is 2.77. The van der Waals surface area contributed by atoms with Gasteiger partial charge in [-0.15, -0.1) is 11.8 Å². The fourth-order valence-electron chi connectivity index (χ4n) is 2.55. The van der Waals surface area contributed by atoms with Gasteiger partial charge < -0.3 is 4.74 Å². The van der Waals surface area contributed by atoms with Gasteiger partial charge >= 0.3 is 0 Å². The molecule has 154 valence electrons. The first-order valence-electron chi connectivity index (χ1n) is 9.70. The molecule has 0 aromatic heterocycles. The highest BCUT2D eigenvalue weighted by Gasteiger charge is 2.00. The summed E-state index contributed by atoms with van der Waals surface area (Å²) in [7, 11) is 0. The number of thioether (sulfide) groups is 1. The second-order valence-corrected chi connectivity index (χ2v) is 8.83. The zero-order chi connectivity index (χ0) is 21.0. The topological polar surface area (TPSA) is 21.6 Å². The summed E-state index contributed by atoms with van der Waals surface area (Å²) < 4.78 is 10.6. The maximum atomic E-state index is 5.97. The summed E-state index contributed by atoms with van der Waals surface area (Å²) >= 11 is 9.07. The van der Waals surface area contributed by atoms with Crippen LogP contribution in [0.3, 0.4) is 0 Å². The van der Waals surface area contributed by atoms with Crippen molar-refractivity contribution >= 4 is 41.2 Å². The van der Waals surface area contributed by atoms with E-state index in [1.165, 1.54) is 28.6 Å². The highest BCUT2D eigenvalue weighted by molar-refractivity contribution is 8.01. The van der Waals surface area contributed by atoms with Gasteiger partial charge in [-0.2, -0.15) is 4.40 Å². The molecule has 0 aliphatic carbocycles. The van der Waals surface area contributed by atoms with Gasteiger partial charge in [0.05, 0.1) is 6.61 Å². The van der Waals surface area contributed by atoms with Gasteiger partial charge in [0, 0.05) is 40.1 Å².